The molecular formula is C16H19NO. The molecule has 1 aromatic carbocycles. The zero-order valence-electron chi connectivity index (χ0n) is 10.8. The van der Waals surface area contributed by atoms with Crippen molar-refractivity contribution < 1.29 is 4.79 Å². The van der Waals surface area contributed by atoms with E-state index < -0.39 is 0 Å². The monoisotopic (exact) mass is 241 g/mol. The summed E-state index contributed by atoms with van der Waals surface area (Å²) in [4.78, 5) is 12.4. The summed E-state index contributed by atoms with van der Waals surface area (Å²) in [6.45, 7) is 2.13. The van der Waals surface area contributed by atoms with Gasteiger partial charge in [-0.1, -0.05) is 31.2 Å². The lowest BCUT2D eigenvalue weighted by Gasteiger charge is -2.22. The van der Waals surface area contributed by atoms with Crippen LogP contribution in [0.25, 0.3) is 0 Å². The van der Waals surface area contributed by atoms with Crippen molar-refractivity contribution in [3.63, 3.8) is 0 Å². The molecule has 0 radical (unpaired) electrons. The average Bonchev–Trinajstić information content (AvgIpc) is 3.01. The van der Waals surface area contributed by atoms with Crippen LogP contribution in [0, 0.1) is 11.3 Å². The van der Waals surface area contributed by atoms with E-state index >= 15 is 0 Å². The Hall–Kier alpha value is -1.57. The molecule has 2 heteroatoms. The van der Waals surface area contributed by atoms with Crippen LogP contribution >= 0.6 is 0 Å². The van der Waals surface area contributed by atoms with Crippen LogP contribution in [0.2, 0.25) is 0 Å². The van der Waals surface area contributed by atoms with Crippen LogP contribution in [0.5, 0.6) is 0 Å². The molecule has 2 bridgehead atoms. The Morgan fingerprint density at radius 2 is 2.39 bits per heavy atom. The first-order valence-electron chi connectivity index (χ1n) is 6.82. The lowest BCUT2D eigenvalue weighted by atomic mass is 9.86. The number of hydrogen-bond acceptors (Lipinski definition) is 1. The van der Waals surface area contributed by atoms with Gasteiger partial charge in [0.1, 0.15) is 0 Å². The first kappa shape index (κ1) is 11.5. The second-order valence-electron chi connectivity index (χ2n) is 5.53. The summed E-state index contributed by atoms with van der Waals surface area (Å²) in [5.74, 6) is 0.810. The third kappa shape index (κ3) is 1.86. The number of amides is 1. The molecule has 1 fully saturated rings. The fourth-order valence-electron chi connectivity index (χ4n) is 3.16. The fraction of sp³-hybridized carbons (Fsp3) is 0.438. The van der Waals surface area contributed by atoms with E-state index in [9.17, 15) is 4.79 Å². The number of benzene rings is 1. The second-order valence-corrected chi connectivity index (χ2v) is 5.53. The van der Waals surface area contributed by atoms with Crippen LogP contribution in [-0.2, 0) is 11.2 Å². The first-order valence-corrected chi connectivity index (χ1v) is 6.82. The number of carbonyl (C=O) groups excluding carboxylic acids is 1. The van der Waals surface area contributed by atoms with Gasteiger partial charge in [0, 0.05) is 5.69 Å². The Bertz CT molecular complexity index is 506. The Kier molecular flexibility index (Phi) is 2.73. The molecule has 2 unspecified atom stereocenters. The van der Waals surface area contributed by atoms with Crippen molar-refractivity contribution >= 4 is 11.6 Å². The van der Waals surface area contributed by atoms with Gasteiger partial charge in [-0.2, -0.15) is 0 Å². The second kappa shape index (κ2) is 4.27. The molecule has 1 N–H and O–H groups in total. The predicted molar refractivity (Wildman–Crippen MR) is 73.4 cm³/mol. The number of fused-ring (bicyclic) bond motifs is 2. The predicted octanol–water partition coefficient (Wildman–Crippen LogP) is 3.54. The van der Waals surface area contributed by atoms with E-state index in [0.717, 1.165) is 24.9 Å². The molecule has 1 aromatic rings. The van der Waals surface area contributed by atoms with Crippen molar-refractivity contribution in [3.05, 3.63) is 42.0 Å². The molecule has 0 saturated heterocycles. The summed E-state index contributed by atoms with van der Waals surface area (Å²) in [5.41, 5.74) is 1.97. The molecule has 2 aliphatic carbocycles. The molecule has 0 aromatic heterocycles. The SMILES string of the molecule is CCc1cccc(NC(=O)C23C=CC(CC2)C3)c1. The Morgan fingerprint density at radius 1 is 1.50 bits per heavy atom. The summed E-state index contributed by atoms with van der Waals surface area (Å²) in [5, 5.41) is 3.09. The summed E-state index contributed by atoms with van der Waals surface area (Å²) < 4.78 is 0. The van der Waals surface area contributed by atoms with Crippen LogP contribution in [0.1, 0.15) is 31.7 Å². The Labute approximate surface area is 108 Å². The third-order valence-electron chi connectivity index (χ3n) is 4.32. The molecule has 1 amide bonds. The Morgan fingerprint density at radius 3 is 3.00 bits per heavy atom. The van der Waals surface area contributed by atoms with Crippen LogP contribution < -0.4 is 5.32 Å². The zero-order chi connectivity index (χ0) is 12.6. The van der Waals surface area contributed by atoms with Gasteiger partial charge in [-0.15, -0.1) is 0 Å². The van der Waals surface area contributed by atoms with E-state index in [1.165, 1.54) is 12.0 Å². The van der Waals surface area contributed by atoms with Crippen molar-refractivity contribution in [2.24, 2.45) is 11.3 Å². The molecule has 2 nitrogen and oxygen atoms in total. The van der Waals surface area contributed by atoms with E-state index in [1.54, 1.807) is 0 Å². The van der Waals surface area contributed by atoms with Gasteiger partial charge >= 0.3 is 0 Å². The minimum Gasteiger partial charge on any atom is -0.325 e. The Balaban J connectivity index is 1.76. The molecule has 2 atom stereocenters. The van der Waals surface area contributed by atoms with Crippen molar-refractivity contribution in [2.45, 2.75) is 32.6 Å². The zero-order valence-corrected chi connectivity index (χ0v) is 10.8. The number of nitrogens with one attached hydrogen (secondary N) is 1. The molecule has 94 valence electrons. The van der Waals surface area contributed by atoms with Crippen LogP contribution in [-0.4, -0.2) is 5.91 Å². The normalized spacial score (nSPS) is 28.6. The standard InChI is InChI=1S/C16H19NO/c1-2-12-4-3-5-14(10-12)17-15(18)16-8-6-13(11-16)7-9-16/h3-6,8,10,13H,2,7,9,11H2,1H3,(H,17,18). The largest absolute Gasteiger partial charge is 0.325 e. The number of allylic oxidation sites excluding steroid dienone is 1. The van der Waals surface area contributed by atoms with Crippen molar-refractivity contribution in [3.8, 4) is 0 Å². The van der Waals surface area contributed by atoms with Gasteiger partial charge in [-0.25, -0.2) is 0 Å². The lowest BCUT2D eigenvalue weighted by molar-refractivity contribution is -0.122. The summed E-state index contributed by atoms with van der Waals surface area (Å²) in [7, 11) is 0. The topological polar surface area (TPSA) is 29.1 Å². The van der Waals surface area contributed by atoms with Gasteiger partial charge in [0.2, 0.25) is 5.91 Å². The summed E-state index contributed by atoms with van der Waals surface area (Å²) in [6, 6.07) is 8.14. The maximum Gasteiger partial charge on any atom is 0.234 e. The lowest BCUT2D eigenvalue weighted by Crippen LogP contribution is -2.31. The van der Waals surface area contributed by atoms with Gasteiger partial charge in [0.05, 0.1) is 5.41 Å². The highest BCUT2D eigenvalue weighted by Gasteiger charge is 2.46. The van der Waals surface area contributed by atoms with E-state index in [-0.39, 0.29) is 11.3 Å². The maximum absolute atomic E-state index is 12.4. The third-order valence-corrected chi connectivity index (χ3v) is 4.32. The van der Waals surface area contributed by atoms with Gasteiger partial charge < -0.3 is 5.32 Å². The summed E-state index contributed by atoms with van der Waals surface area (Å²) in [6.07, 6.45) is 8.52. The highest BCUT2D eigenvalue weighted by Crippen LogP contribution is 2.49. The smallest absolute Gasteiger partial charge is 0.234 e. The average molecular weight is 241 g/mol. The molecule has 0 aliphatic heterocycles. The van der Waals surface area contributed by atoms with Crippen LogP contribution in [0.15, 0.2) is 36.4 Å². The highest BCUT2D eigenvalue weighted by molar-refractivity contribution is 5.97. The summed E-state index contributed by atoms with van der Waals surface area (Å²) >= 11 is 0. The number of anilines is 1. The molecule has 0 spiro atoms. The molecule has 3 rings (SSSR count). The van der Waals surface area contributed by atoms with E-state index in [4.69, 9.17) is 0 Å². The van der Waals surface area contributed by atoms with E-state index in [2.05, 4.69) is 36.5 Å². The molecule has 18 heavy (non-hydrogen) atoms. The number of hydrogen-bond donors (Lipinski definition) is 1. The van der Waals surface area contributed by atoms with Gasteiger partial charge in [-0.05, 0) is 49.3 Å². The van der Waals surface area contributed by atoms with Gasteiger partial charge in [0.25, 0.3) is 0 Å². The van der Waals surface area contributed by atoms with Crippen LogP contribution in [0.4, 0.5) is 5.69 Å². The number of aryl methyl sites for hydroxylation is 1. The first-order chi connectivity index (χ1) is 8.72. The molecule has 0 heterocycles. The van der Waals surface area contributed by atoms with E-state index in [1.807, 2.05) is 12.1 Å². The van der Waals surface area contributed by atoms with Crippen molar-refractivity contribution in [1.82, 2.24) is 0 Å². The maximum atomic E-state index is 12.4. The number of rotatable bonds is 3. The molecule has 2 aliphatic rings. The van der Waals surface area contributed by atoms with Gasteiger partial charge in [-0.3, -0.25) is 4.79 Å². The molecule has 1 saturated carbocycles. The quantitative estimate of drug-likeness (QED) is 0.806. The van der Waals surface area contributed by atoms with Gasteiger partial charge in [0.15, 0.2) is 0 Å². The minimum atomic E-state index is -0.215. The minimum absolute atomic E-state index is 0.173. The molecular weight excluding hydrogens is 222 g/mol. The highest BCUT2D eigenvalue weighted by atomic mass is 16.2. The van der Waals surface area contributed by atoms with Crippen molar-refractivity contribution in [1.29, 1.82) is 0 Å². The van der Waals surface area contributed by atoms with Crippen molar-refractivity contribution in [2.75, 3.05) is 5.32 Å². The van der Waals surface area contributed by atoms with Crippen LogP contribution in [0.3, 0.4) is 0 Å². The number of carbonyl (C=O) groups is 1. The fourth-order valence-corrected chi connectivity index (χ4v) is 3.16. The van der Waals surface area contributed by atoms with E-state index in [0.29, 0.717) is 5.92 Å².